The van der Waals surface area contributed by atoms with E-state index < -0.39 is 17.5 Å². The van der Waals surface area contributed by atoms with Gasteiger partial charge in [0.25, 0.3) is 11.5 Å². The van der Waals surface area contributed by atoms with Crippen LogP contribution in [0.4, 0.5) is 5.69 Å². The Morgan fingerprint density at radius 3 is 2.77 bits per heavy atom. The molecule has 0 spiro atoms. The molecule has 1 aliphatic rings. The van der Waals surface area contributed by atoms with E-state index in [0.29, 0.717) is 34.8 Å². The Labute approximate surface area is 173 Å². The van der Waals surface area contributed by atoms with Crippen molar-refractivity contribution < 1.29 is 14.3 Å². The van der Waals surface area contributed by atoms with Gasteiger partial charge in [0.15, 0.2) is 5.60 Å². The van der Waals surface area contributed by atoms with E-state index in [1.54, 1.807) is 43.3 Å². The second-order valence-electron chi connectivity index (χ2n) is 7.43. The molecular weight excluding hydrogens is 382 g/mol. The molecule has 1 atom stereocenters. The predicted octanol–water partition coefficient (Wildman–Crippen LogP) is 3.11. The molecule has 1 aromatic heterocycles. The van der Waals surface area contributed by atoms with Crippen molar-refractivity contribution in [3.8, 4) is 11.4 Å². The molecule has 2 heterocycles. The average Bonchev–Trinajstić information content (AvgIpc) is 2.73. The van der Waals surface area contributed by atoms with Crippen LogP contribution in [0.3, 0.4) is 0 Å². The first-order valence-corrected chi connectivity index (χ1v) is 9.71. The van der Waals surface area contributed by atoms with Crippen molar-refractivity contribution in [2.24, 2.45) is 0 Å². The number of amides is 1. The van der Waals surface area contributed by atoms with Gasteiger partial charge in [-0.15, -0.1) is 0 Å². The van der Waals surface area contributed by atoms with E-state index in [1.807, 2.05) is 19.1 Å². The van der Waals surface area contributed by atoms with Crippen molar-refractivity contribution in [3.63, 3.8) is 0 Å². The molecule has 4 rings (SSSR count). The molecule has 0 saturated heterocycles. The summed E-state index contributed by atoms with van der Waals surface area (Å²) in [5, 5.41) is 2.82. The van der Waals surface area contributed by atoms with E-state index in [4.69, 9.17) is 4.74 Å². The SMILES string of the molecule is CCc1cc(=O)[nH]c(-c2cccc(NC(=O)C3(C)Cc4ccccc4C(=O)O3)c2)n1. The molecule has 0 bridgehead atoms. The van der Waals surface area contributed by atoms with E-state index in [2.05, 4.69) is 15.3 Å². The van der Waals surface area contributed by atoms with Crippen molar-refractivity contribution in [3.05, 3.63) is 81.8 Å². The summed E-state index contributed by atoms with van der Waals surface area (Å²) in [7, 11) is 0. The van der Waals surface area contributed by atoms with E-state index >= 15 is 0 Å². The van der Waals surface area contributed by atoms with Crippen molar-refractivity contribution in [2.45, 2.75) is 32.3 Å². The van der Waals surface area contributed by atoms with Crippen LogP contribution in [0.5, 0.6) is 0 Å². The number of aromatic amines is 1. The number of anilines is 1. The van der Waals surface area contributed by atoms with Crippen LogP contribution in [-0.2, 0) is 22.4 Å². The minimum atomic E-state index is -1.32. The molecule has 0 aliphatic carbocycles. The third-order valence-electron chi connectivity index (χ3n) is 5.11. The van der Waals surface area contributed by atoms with Gasteiger partial charge in [0, 0.05) is 29.4 Å². The first kappa shape index (κ1) is 19.6. The fraction of sp³-hybridized carbons (Fsp3) is 0.217. The van der Waals surface area contributed by atoms with Gasteiger partial charge in [0.1, 0.15) is 5.82 Å². The molecule has 3 aromatic rings. The maximum absolute atomic E-state index is 13.0. The molecule has 1 aliphatic heterocycles. The summed E-state index contributed by atoms with van der Waals surface area (Å²) < 4.78 is 5.48. The molecule has 0 fully saturated rings. The minimum Gasteiger partial charge on any atom is -0.445 e. The number of rotatable bonds is 4. The fourth-order valence-corrected chi connectivity index (χ4v) is 3.49. The standard InChI is InChI=1S/C23H21N3O4/c1-3-16-12-19(27)26-20(24-16)14-8-6-9-17(11-14)25-22(29)23(2)13-15-7-4-5-10-18(15)21(28)30-23/h4-12H,3,13H2,1-2H3,(H,25,29)(H,24,26,27). The number of benzene rings is 2. The third kappa shape index (κ3) is 3.74. The Balaban J connectivity index is 1.59. The number of nitrogens with zero attached hydrogens (tertiary/aromatic N) is 1. The second kappa shape index (κ2) is 7.59. The Morgan fingerprint density at radius 1 is 1.17 bits per heavy atom. The van der Waals surface area contributed by atoms with E-state index in [0.717, 1.165) is 5.56 Å². The van der Waals surface area contributed by atoms with Crippen LogP contribution in [0.2, 0.25) is 0 Å². The number of esters is 1. The quantitative estimate of drug-likeness (QED) is 0.652. The van der Waals surface area contributed by atoms with Gasteiger partial charge >= 0.3 is 5.97 Å². The first-order valence-electron chi connectivity index (χ1n) is 9.71. The van der Waals surface area contributed by atoms with Crippen LogP contribution >= 0.6 is 0 Å². The van der Waals surface area contributed by atoms with Gasteiger partial charge in [-0.3, -0.25) is 9.59 Å². The van der Waals surface area contributed by atoms with Gasteiger partial charge in [-0.1, -0.05) is 37.3 Å². The first-order chi connectivity index (χ1) is 14.4. The second-order valence-corrected chi connectivity index (χ2v) is 7.43. The van der Waals surface area contributed by atoms with Crippen molar-refractivity contribution in [1.29, 1.82) is 0 Å². The third-order valence-corrected chi connectivity index (χ3v) is 5.11. The largest absolute Gasteiger partial charge is 0.445 e. The number of ether oxygens (including phenoxy) is 1. The molecule has 2 aromatic carbocycles. The molecule has 2 N–H and O–H groups in total. The highest BCUT2D eigenvalue weighted by Gasteiger charge is 2.42. The smallest absolute Gasteiger partial charge is 0.339 e. The number of carbonyl (C=O) groups excluding carboxylic acids is 2. The molecule has 152 valence electrons. The number of cyclic esters (lactones) is 1. The zero-order chi connectivity index (χ0) is 21.3. The summed E-state index contributed by atoms with van der Waals surface area (Å²) in [6.45, 7) is 3.52. The van der Waals surface area contributed by atoms with Crippen LogP contribution in [0.25, 0.3) is 11.4 Å². The number of carbonyl (C=O) groups is 2. The van der Waals surface area contributed by atoms with Crippen molar-refractivity contribution in [1.82, 2.24) is 9.97 Å². The molecule has 0 saturated carbocycles. The van der Waals surface area contributed by atoms with E-state index in [1.165, 1.54) is 6.07 Å². The van der Waals surface area contributed by atoms with E-state index in [-0.39, 0.29) is 12.0 Å². The zero-order valence-electron chi connectivity index (χ0n) is 16.7. The van der Waals surface area contributed by atoms with Crippen LogP contribution in [0.15, 0.2) is 59.4 Å². The molecule has 1 unspecified atom stereocenters. The maximum atomic E-state index is 13.0. The lowest BCUT2D eigenvalue weighted by Crippen LogP contribution is -2.48. The van der Waals surface area contributed by atoms with Gasteiger partial charge in [-0.25, -0.2) is 9.78 Å². The summed E-state index contributed by atoms with van der Waals surface area (Å²) in [6, 6.07) is 15.6. The van der Waals surface area contributed by atoms with E-state index in [9.17, 15) is 14.4 Å². The van der Waals surface area contributed by atoms with Crippen molar-refractivity contribution >= 4 is 17.6 Å². The highest BCUT2D eigenvalue weighted by Crippen LogP contribution is 2.29. The number of hydrogen-bond acceptors (Lipinski definition) is 5. The van der Waals surface area contributed by atoms with Gasteiger partial charge in [0.2, 0.25) is 0 Å². The Hall–Kier alpha value is -3.74. The molecule has 7 nitrogen and oxygen atoms in total. The lowest BCUT2D eigenvalue weighted by Gasteiger charge is -2.33. The summed E-state index contributed by atoms with van der Waals surface area (Å²) in [5.74, 6) is -0.507. The normalized spacial score (nSPS) is 17.7. The summed E-state index contributed by atoms with van der Waals surface area (Å²) in [4.78, 5) is 44.4. The molecule has 0 radical (unpaired) electrons. The number of aryl methyl sites for hydroxylation is 1. The van der Waals surface area contributed by atoms with Gasteiger partial charge in [-0.2, -0.15) is 0 Å². The van der Waals surface area contributed by atoms with Crippen LogP contribution in [0, 0.1) is 0 Å². The maximum Gasteiger partial charge on any atom is 0.339 e. The number of nitrogens with one attached hydrogen (secondary N) is 2. The van der Waals surface area contributed by atoms with Crippen LogP contribution in [0.1, 0.15) is 35.5 Å². The Bertz CT molecular complexity index is 1200. The summed E-state index contributed by atoms with van der Waals surface area (Å²) in [5.41, 5.74) is 1.56. The van der Waals surface area contributed by atoms with Crippen LogP contribution in [-0.4, -0.2) is 27.4 Å². The summed E-state index contributed by atoms with van der Waals surface area (Å²) >= 11 is 0. The van der Waals surface area contributed by atoms with Gasteiger partial charge in [0.05, 0.1) is 5.56 Å². The number of fused-ring (bicyclic) bond motifs is 1. The summed E-state index contributed by atoms with van der Waals surface area (Å²) in [6.07, 6.45) is 0.923. The number of hydrogen-bond donors (Lipinski definition) is 2. The monoisotopic (exact) mass is 403 g/mol. The Kier molecular flexibility index (Phi) is 4.95. The average molecular weight is 403 g/mol. The zero-order valence-corrected chi connectivity index (χ0v) is 16.7. The highest BCUT2D eigenvalue weighted by atomic mass is 16.6. The molecule has 1 amide bonds. The molecular formula is C23H21N3O4. The number of H-pyrrole nitrogens is 1. The van der Waals surface area contributed by atoms with Crippen molar-refractivity contribution in [2.75, 3.05) is 5.32 Å². The highest BCUT2D eigenvalue weighted by molar-refractivity contribution is 6.02. The van der Waals surface area contributed by atoms with Gasteiger partial charge in [-0.05, 0) is 37.1 Å². The van der Waals surface area contributed by atoms with Gasteiger partial charge < -0.3 is 15.0 Å². The minimum absolute atomic E-state index is 0.230. The fourth-order valence-electron chi connectivity index (χ4n) is 3.49. The lowest BCUT2D eigenvalue weighted by atomic mass is 9.89. The van der Waals surface area contributed by atoms with Crippen LogP contribution < -0.4 is 10.9 Å². The topological polar surface area (TPSA) is 101 Å². The lowest BCUT2D eigenvalue weighted by molar-refractivity contribution is -0.134. The Morgan fingerprint density at radius 2 is 1.97 bits per heavy atom. The molecule has 30 heavy (non-hydrogen) atoms. The molecule has 7 heteroatoms. The predicted molar refractivity (Wildman–Crippen MR) is 112 cm³/mol. The number of aromatic nitrogens is 2.